The number of aromatic nitrogens is 2. The fourth-order valence-electron chi connectivity index (χ4n) is 2.46. The van der Waals surface area contributed by atoms with E-state index in [9.17, 15) is 4.79 Å². The molecule has 1 aromatic carbocycles. The summed E-state index contributed by atoms with van der Waals surface area (Å²) in [6.45, 7) is 7.75. The van der Waals surface area contributed by atoms with E-state index in [1.54, 1.807) is 12.4 Å². The predicted molar refractivity (Wildman–Crippen MR) is 101 cm³/mol. The number of nitrogens with one attached hydrogen (secondary N) is 2. The number of amides is 1. The third-order valence-electron chi connectivity index (χ3n) is 3.92. The third-order valence-corrected chi connectivity index (χ3v) is 3.92. The van der Waals surface area contributed by atoms with Gasteiger partial charge in [-0.15, -0.1) is 0 Å². The highest BCUT2D eigenvalue weighted by Crippen LogP contribution is 2.29. The quantitative estimate of drug-likeness (QED) is 0.810. The standard InChI is InChI=1S/C19H27N5O/c1-13(2)16-8-6-7-14(3)17(16)23-19-21-11-15(12-22-19)18(25)20-9-10-24(4)5/h6-8,11-13H,9-10H2,1-5H3,(H,20,25)(H,21,22,23). The van der Waals surface area contributed by atoms with Crippen LogP contribution >= 0.6 is 0 Å². The van der Waals surface area contributed by atoms with Gasteiger partial charge in [-0.1, -0.05) is 32.0 Å². The number of anilines is 2. The number of para-hydroxylation sites is 1. The van der Waals surface area contributed by atoms with Gasteiger partial charge in [0.1, 0.15) is 0 Å². The molecule has 0 radical (unpaired) electrons. The smallest absolute Gasteiger partial charge is 0.254 e. The molecule has 0 fully saturated rings. The van der Waals surface area contributed by atoms with Crippen LogP contribution in [0, 0.1) is 6.92 Å². The molecule has 0 aliphatic carbocycles. The maximum absolute atomic E-state index is 12.1. The summed E-state index contributed by atoms with van der Waals surface area (Å²) in [5.74, 6) is 0.720. The van der Waals surface area contributed by atoms with Crippen molar-refractivity contribution in [2.24, 2.45) is 0 Å². The van der Waals surface area contributed by atoms with E-state index in [1.807, 2.05) is 19.0 Å². The lowest BCUT2D eigenvalue weighted by molar-refractivity contribution is 0.0950. The second-order valence-electron chi connectivity index (χ2n) is 6.67. The molecule has 0 aliphatic heterocycles. The van der Waals surface area contributed by atoms with Crippen molar-refractivity contribution in [1.29, 1.82) is 0 Å². The van der Waals surface area contributed by atoms with Crippen molar-refractivity contribution in [2.75, 3.05) is 32.5 Å². The minimum atomic E-state index is -0.160. The Morgan fingerprint density at radius 1 is 1.20 bits per heavy atom. The molecular weight excluding hydrogens is 314 g/mol. The molecule has 0 spiro atoms. The second-order valence-corrected chi connectivity index (χ2v) is 6.67. The second kappa shape index (κ2) is 8.58. The van der Waals surface area contributed by atoms with E-state index in [0.717, 1.165) is 17.8 Å². The number of carbonyl (C=O) groups is 1. The van der Waals surface area contributed by atoms with Gasteiger partial charge in [0.2, 0.25) is 5.95 Å². The van der Waals surface area contributed by atoms with Crippen molar-refractivity contribution in [3.8, 4) is 0 Å². The lowest BCUT2D eigenvalue weighted by Gasteiger charge is -2.16. The van der Waals surface area contributed by atoms with Gasteiger partial charge in [-0.2, -0.15) is 0 Å². The summed E-state index contributed by atoms with van der Waals surface area (Å²) in [6.07, 6.45) is 3.10. The van der Waals surface area contributed by atoms with Crippen LogP contribution in [0.15, 0.2) is 30.6 Å². The SMILES string of the molecule is Cc1cccc(C(C)C)c1Nc1ncc(C(=O)NCCN(C)C)cn1. The molecule has 2 rings (SSSR count). The van der Waals surface area contributed by atoms with E-state index in [0.29, 0.717) is 24.0 Å². The monoisotopic (exact) mass is 341 g/mol. The Labute approximate surface area is 149 Å². The van der Waals surface area contributed by atoms with Gasteiger partial charge in [0, 0.05) is 31.2 Å². The first-order valence-electron chi connectivity index (χ1n) is 8.50. The van der Waals surface area contributed by atoms with Gasteiger partial charge >= 0.3 is 0 Å². The summed E-state index contributed by atoms with van der Waals surface area (Å²) in [7, 11) is 3.93. The Morgan fingerprint density at radius 2 is 1.88 bits per heavy atom. The number of benzene rings is 1. The Balaban J connectivity index is 2.07. The molecule has 0 unspecified atom stereocenters. The molecule has 0 saturated carbocycles. The van der Waals surface area contributed by atoms with Gasteiger partial charge in [-0.3, -0.25) is 4.79 Å². The van der Waals surface area contributed by atoms with E-state index >= 15 is 0 Å². The number of rotatable bonds is 7. The summed E-state index contributed by atoms with van der Waals surface area (Å²) in [5, 5.41) is 6.14. The fraction of sp³-hybridized carbons (Fsp3) is 0.421. The molecule has 1 heterocycles. The Kier molecular flexibility index (Phi) is 6.47. The van der Waals surface area contributed by atoms with Crippen LogP contribution in [0.2, 0.25) is 0 Å². The number of hydrogen-bond donors (Lipinski definition) is 2. The molecule has 25 heavy (non-hydrogen) atoms. The Bertz CT molecular complexity index is 710. The number of aryl methyl sites for hydroxylation is 1. The van der Waals surface area contributed by atoms with Crippen LogP contribution in [0.25, 0.3) is 0 Å². The maximum Gasteiger partial charge on any atom is 0.254 e. The molecule has 2 N–H and O–H groups in total. The van der Waals surface area contributed by atoms with Crippen LogP contribution in [-0.2, 0) is 0 Å². The average molecular weight is 341 g/mol. The molecule has 0 aliphatic rings. The maximum atomic E-state index is 12.1. The summed E-state index contributed by atoms with van der Waals surface area (Å²) < 4.78 is 0. The molecule has 1 aromatic heterocycles. The van der Waals surface area contributed by atoms with Crippen molar-refractivity contribution in [2.45, 2.75) is 26.7 Å². The lowest BCUT2D eigenvalue weighted by atomic mass is 9.98. The van der Waals surface area contributed by atoms with Gasteiger partial charge in [-0.25, -0.2) is 9.97 Å². The van der Waals surface area contributed by atoms with Crippen LogP contribution < -0.4 is 10.6 Å². The summed E-state index contributed by atoms with van der Waals surface area (Å²) in [5.41, 5.74) is 3.84. The summed E-state index contributed by atoms with van der Waals surface area (Å²) >= 11 is 0. The van der Waals surface area contributed by atoms with Crippen molar-refractivity contribution in [1.82, 2.24) is 20.2 Å². The average Bonchev–Trinajstić information content (AvgIpc) is 2.56. The molecule has 0 bridgehead atoms. The van der Waals surface area contributed by atoms with Gasteiger partial charge in [-0.05, 0) is 38.1 Å². The van der Waals surface area contributed by atoms with Gasteiger partial charge in [0.15, 0.2) is 0 Å². The number of hydrogen-bond acceptors (Lipinski definition) is 5. The van der Waals surface area contributed by atoms with Gasteiger partial charge < -0.3 is 15.5 Å². The molecule has 2 aromatic rings. The van der Waals surface area contributed by atoms with E-state index in [1.165, 1.54) is 5.56 Å². The van der Waals surface area contributed by atoms with E-state index < -0.39 is 0 Å². The first-order chi connectivity index (χ1) is 11.9. The van der Waals surface area contributed by atoms with Crippen LogP contribution in [-0.4, -0.2) is 48.0 Å². The van der Waals surface area contributed by atoms with E-state index in [2.05, 4.69) is 59.6 Å². The fourth-order valence-corrected chi connectivity index (χ4v) is 2.46. The van der Waals surface area contributed by atoms with E-state index in [-0.39, 0.29) is 5.91 Å². The first-order valence-corrected chi connectivity index (χ1v) is 8.50. The Hall–Kier alpha value is -2.47. The van der Waals surface area contributed by atoms with Gasteiger partial charge in [0.05, 0.1) is 5.56 Å². The van der Waals surface area contributed by atoms with E-state index in [4.69, 9.17) is 0 Å². The largest absolute Gasteiger partial charge is 0.351 e. The molecule has 6 heteroatoms. The topological polar surface area (TPSA) is 70.2 Å². The summed E-state index contributed by atoms with van der Waals surface area (Å²) in [4.78, 5) is 22.6. The first kappa shape index (κ1) is 18.9. The summed E-state index contributed by atoms with van der Waals surface area (Å²) in [6, 6.07) is 6.21. The third kappa shape index (κ3) is 5.26. The van der Waals surface area contributed by atoms with Crippen molar-refractivity contribution in [3.05, 3.63) is 47.3 Å². The number of carbonyl (C=O) groups excluding carboxylic acids is 1. The minimum Gasteiger partial charge on any atom is -0.351 e. The number of nitrogens with zero attached hydrogens (tertiary/aromatic N) is 3. The predicted octanol–water partition coefficient (Wildman–Crippen LogP) is 2.94. The molecule has 0 saturated heterocycles. The van der Waals surface area contributed by atoms with Crippen LogP contribution in [0.4, 0.5) is 11.6 Å². The molecule has 0 atom stereocenters. The minimum absolute atomic E-state index is 0.160. The molecule has 1 amide bonds. The normalized spacial score (nSPS) is 11.0. The molecule has 134 valence electrons. The van der Waals surface area contributed by atoms with Crippen molar-refractivity contribution < 1.29 is 4.79 Å². The zero-order chi connectivity index (χ0) is 18.4. The van der Waals surface area contributed by atoms with Crippen LogP contribution in [0.3, 0.4) is 0 Å². The van der Waals surface area contributed by atoms with Crippen molar-refractivity contribution in [3.63, 3.8) is 0 Å². The zero-order valence-electron chi connectivity index (χ0n) is 15.6. The van der Waals surface area contributed by atoms with Crippen LogP contribution in [0.5, 0.6) is 0 Å². The molecular formula is C19H27N5O. The highest BCUT2D eigenvalue weighted by atomic mass is 16.1. The lowest BCUT2D eigenvalue weighted by Crippen LogP contribution is -2.31. The van der Waals surface area contributed by atoms with Crippen molar-refractivity contribution >= 4 is 17.5 Å². The highest BCUT2D eigenvalue weighted by molar-refractivity contribution is 5.93. The molecule has 6 nitrogen and oxygen atoms in total. The van der Waals surface area contributed by atoms with Gasteiger partial charge in [0.25, 0.3) is 5.91 Å². The number of likely N-dealkylation sites (N-methyl/N-ethyl adjacent to an activating group) is 1. The zero-order valence-corrected chi connectivity index (χ0v) is 15.6. The Morgan fingerprint density at radius 3 is 2.48 bits per heavy atom. The highest BCUT2D eigenvalue weighted by Gasteiger charge is 2.11. The van der Waals surface area contributed by atoms with Crippen LogP contribution in [0.1, 0.15) is 41.3 Å².